The van der Waals surface area contributed by atoms with E-state index in [1.165, 1.54) is 0 Å². The molecule has 0 aromatic heterocycles. The van der Waals surface area contributed by atoms with E-state index >= 15 is 0 Å². The highest BCUT2D eigenvalue weighted by atomic mass is 16.5. The molecule has 0 radical (unpaired) electrons. The van der Waals surface area contributed by atoms with Gasteiger partial charge in [-0.3, -0.25) is 0 Å². The fraction of sp³-hybridized carbons (Fsp3) is 0.400. The lowest BCUT2D eigenvalue weighted by atomic mass is 10.2. The molecule has 0 amide bonds. The molecule has 1 aromatic carbocycles. The van der Waals surface area contributed by atoms with Crippen molar-refractivity contribution < 1.29 is 19.7 Å². The van der Waals surface area contributed by atoms with Crippen molar-refractivity contribution in [2.24, 2.45) is 0 Å². The minimum atomic E-state index is -0.829. The summed E-state index contributed by atoms with van der Waals surface area (Å²) in [6.45, 7) is 5.58. The molecule has 20 heavy (non-hydrogen) atoms. The minimum absolute atomic E-state index is 0.0207. The maximum Gasteiger partial charge on any atom is 0.333 e. The van der Waals surface area contributed by atoms with Crippen molar-refractivity contribution in [1.82, 2.24) is 0 Å². The van der Waals surface area contributed by atoms with Gasteiger partial charge in [-0.2, -0.15) is 0 Å². The molecule has 0 saturated heterocycles. The summed E-state index contributed by atoms with van der Waals surface area (Å²) in [5, 5.41) is 19.0. The van der Waals surface area contributed by atoms with Gasteiger partial charge in [-0.1, -0.05) is 24.8 Å². The molecular weight excluding hydrogens is 258 g/mol. The summed E-state index contributed by atoms with van der Waals surface area (Å²) < 4.78 is 4.90. The van der Waals surface area contributed by atoms with Crippen LogP contribution in [0.2, 0.25) is 0 Å². The van der Waals surface area contributed by atoms with Gasteiger partial charge in [0.1, 0.15) is 12.7 Å². The Kier molecular flexibility index (Phi) is 6.76. The quantitative estimate of drug-likeness (QED) is 0.548. The molecule has 0 heterocycles. The third-order valence-electron chi connectivity index (χ3n) is 2.68. The normalized spacial score (nSPS) is 11.8. The van der Waals surface area contributed by atoms with Crippen LogP contribution in [0.1, 0.15) is 6.92 Å². The SMILES string of the molecule is C=C(C)C(=O)OCC(O)CN(CCO)c1ccccc1. The monoisotopic (exact) mass is 279 g/mol. The molecule has 2 N–H and O–H groups in total. The maximum atomic E-state index is 11.2. The molecular formula is C15H21NO4. The Bertz CT molecular complexity index is 433. The van der Waals surface area contributed by atoms with Crippen LogP contribution >= 0.6 is 0 Å². The first kappa shape index (κ1) is 16.2. The summed E-state index contributed by atoms with van der Waals surface area (Å²) in [7, 11) is 0. The van der Waals surface area contributed by atoms with Gasteiger partial charge in [0, 0.05) is 24.4 Å². The van der Waals surface area contributed by atoms with Crippen LogP contribution in [-0.2, 0) is 9.53 Å². The zero-order valence-electron chi connectivity index (χ0n) is 11.7. The van der Waals surface area contributed by atoms with Gasteiger partial charge in [0.2, 0.25) is 0 Å². The number of esters is 1. The summed E-state index contributed by atoms with van der Waals surface area (Å²) in [4.78, 5) is 13.1. The summed E-state index contributed by atoms with van der Waals surface area (Å²) in [5.74, 6) is -0.516. The van der Waals surface area contributed by atoms with Gasteiger partial charge >= 0.3 is 5.97 Å². The maximum absolute atomic E-state index is 11.2. The lowest BCUT2D eigenvalue weighted by molar-refractivity contribution is -0.141. The number of rotatable bonds is 8. The van der Waals surface area contributed by atoms with Gasteiger partial charge < -0.3 is 19.8 Å². The van der Waals surface area contributed by atoms with Crippen molar-refractivity contribution in [2.75, 3.05) is 31.2 Å². The van der Waals surface area contributed by atoms with Gasteiger partial charge in [-0.05, 0) is 19.1 Å². The molecule has 0 bridgehead atoms. The number of aliphatic hydroxyl groups excluding tert-OH is 2. The second-order valence-electron chi connectivity index (χ2n) is 4.54. The standard InChI is InChI=1S/C15H21NO4/c1-12(2)15(19)20-11-14(18)10-16(8-9-17)13-6-4-3-5-7-13/h3-7,14,17-18H,1,8-11H2,2H3. The van der Waals surface area contributed by atoms with E-state index in [-0.39, 0.29) is 19.8 Å². The first-order chi connectivity index (χ1) is 9.54. The average Bonchev–Trinajstić information content (AvgIpc) is 2.45. The van der Waals surface area contributed by atoms with Crippen LogP contribution in [0.4, 0.5) is 5.69 Å². The molecule has 0 fully saturated rings. The number of benzene rings is 1. The molecule has 0 aliphatic rings. The number of ether oxygens (including phenoxy) is 1. The van der Waals surface area contributed by atoms with Crippen molar-refractivity contribution in [1.29, 1.82) is 0 Å². The molecule has 1 rings (SSSR count). The second-order valence-corrected chi connectivity index (χ2v) is 4.54. The Morgan fingerprint density at radius 3 is 2.60 bits per heavy atom. The smallest absolute Gasteiger partial charge is 0.333 e. The Morgan fingerprint density at radius 2 is 2.05 bits per heavy atom. The highest BCUT2D eigenvalue weighted by Gasteiger charge is 2.14. The highest BCUT2D eigenvalue weighted by molar-refractivity contribution is 5.86. The van der Waals surface area contributed by atoms with E-state index in [2.05, 4.69) is 6.58 Å². The largest absolute Gasteiger partial charge is 0.460 e. The topological polar surface area (TPSA) is 70.0 Å². The van der Waals surface area contributed by atoms with Gasteiger partial charge in [0.25, 0.3) is 0 Å². The number of nitrogens with zero attached hydrogens (tertiary/aromatic N) is 1. The Hall–Kier alpha value is -1.85. The number of carbonyl (C=O) groups is 1. The van der Waals surface area contributed by atoms with Crippen LogP contribution < -0.4 is 4.90 Å². The molecule has 1 atom stereocenters. The minimum Gasteiger partial charge on any atom is -0.460 e. The number of aliphatic hydroxyl groups is 2. The summed E-state index contributed by atoms with van der Waals surface area (Å²) in [5.41, 5.74) is 1.19. The highest BCUT2D eigenvalue weighted by Crippen LogP contribution is 2.13. The number of anilines is 1. The van der Waals surface area contributed by atoms with Gasteiger partial charge in [0.15, 0.2) is 0 Å². The third-order valence-corrected chi connectivity index (χ3v) is 2.68. The Balaban J connectivity index is 2.53. The van der Waals surface area contributed by atoms with Crippen molar-refractivity contribution >= 4 is 11.7 Å². The van der Waals surface area contributed by atoms with E-state index in [1.54, 1.807) is 6.92 Å². The van der Waals surface area contributed by atoms with Crippen molar-refractivity contribution in [3.63, 3.8) is 0 Å². The van der Waals surface area contributed by atoms with E-state index in [9.17, 15) is 9.90 Å². The fourth-order valence-electron chi connectivity index (χ4n) is 1.69. The molecule has 110 valence electrons. The van der Waals surface area contributed by atoms with Gasteiger partial charge in [-0.15, -0.1) is 0 Å². The predicted molar refractivity (Wildman–Crippen MR) is 77.5 cm³/mol. The van der Waals surface area contributed by atoms with Crippen molar-refractivity contribution in [3.8, 4) is 0 Å². The fourth-order valence-corrected chi connectivity index (χ4v) is 1.69. The summed E-state index contributed by atoms with van der Waals surface area (Å²) >= 11 is 0. The van der Waals surface area contributed by atoms with Crippen LogP contribution in [0.5, 0.6) is 0 Å². The molecule has 5 nitrogen and oxygen atoms in total. The zero-order valence-corrected chi connectivity index (χ0v) is 11.7. The zero-order chi connectivity index (χ0) is 15.0. The molecule has 5 heteroatoms. The van der Waals surface area contributed by atoms with Crippen LogP contribution in [-0.4, -0.2) is 48.6 Å². The lowest BCUT2D eigenvalue weighted by Gasteiger charge is -2.26. The van der Waals surface area contributed by atoms with E-state index in [1.807, 2.05) is 35.2 Å². The Labute approximate surface area is 119 Å². The van der Waals surface area contributed by atoms with E-state index in [0.29, 0.717) is 12.1 Å². The molecule has 0 saturated carbocycles. The first-order valence-electron chi connectivity index (χ1n) is 6.46. The summed E-state index contributed by atoms with van der Waals surface area (Å²) in [6, 6.07) is 9.44. The average molecular weight is 279 g/mol. The van der Waals surface area contributed by atoms with E-state index < -0.39 is 12.1 Å². The van der Waals surface area contributed by atoms with Crippen LogP contribution in [0.25, 0.3) is 0 Å². The molecule has 0 spiro atoms. The molecule has 0 aliphatic carbocycles. The number of carbonyl (C=O) groups excluding carboxylic acids is 1. The summed E-state index contributed by atoms with van der Waals surface area (Å²) in [6.07, 6.45) is -0.829. The molecule has 0 aliphatic heterocycles. The number of hydrogen-bond acceptors (Lipinski definition) is 5. The second kappa shape index (κ2) is 8.35. The van der Waals surface area contributed by atoms with Crippen molar-refractivity contribution in [3.05, 3.63) is 42.5 Å². The predicted octanol–water partition coefficient (Wildman–Crippen LogP) is 0.965. The van der Waals surface area contributed by atoms with Gasteiger partial charge in [0.05, 0.1) is 6.61 Å². The Morgan fingerprint density at radius 1 is 1.40 bits per heavy atom. The van der Waals surface area contributed by atoms with Crippen molar-refractivity contribution in [2.45, 2.75) is 13.0 Å². The van der Waals surface area contributed by atoms with Gasteiger partial charge in [-0.25, -0.2) is 4.79 Å². The van der Waals surface area contributed by atoms with Crippen LogP contribution in [0.15, 0.2) is 42.5 Å². The van der Waals surface area contributed by atoms with Crippen LogP contribution in [0, 0.1) is 0 Å². The number of hydrogen-bond donors (Lipinski definition) is 2. The first-order valence-corrected chi connectivity index (χ1v) is 6.46. The number of para-hydroxylation sites is 1. The molecule has 1 unspecified atom stereocenters. The molecule has 1 aromatic rings. The van der Waals surface area contributed by atoms with Crippen LogP contribution in [0.3, 0.4) is 0 Å². The lowest BCUT2D eigenvalue weighted by Crippen LogP contribution is -2.37. The van der Waals surface area contributed by atoms with E-state index in [4.69, 9.17) is 9.84 Å². The third kappa shape index (κ3) is 5.42. The van der Waals surface area contributed by atoms with E-state index in [0.717, 1.165) is 5.69 Å².